The van der Waals surface area contributed by atoms with Crippen molar-refractivity contribution < 1.29 is 13.5 Å². The van der Waals surface area contributed by atoms with E-state index in [1.165, 1.54) is 4.31 Å². The standard InChI is InChI=1S/C15H26N2O3S/c1-6-17(12(2)10-16(4)5)21(19,20)15-9-7-8-14(11-18)13(15)3/h7-9,12,18H,6,10-11H2,1-5H3. The van der Waals surface area contributed by atoms with Crippen molar-refractivity contribution in [2.24, 2.45) is 0 Å². The zero-order valence-corrected chi connectivity index (χ0v) is 14.3. The van der Waals surface area contributed by atoms with E-state index in [9.17, 15) is 13.5 Å². The lowest BCUT2D eigenvalue weighted by atomic mass is 10.1. The molecule has 0 amide bonds. The Morgan fingerprint density at radius 3 is 2.38 bits per heavy atom. The average Bonchev–Trinajstić information content (AvgIpc) is 2.38. The third kappa shape index (κ3) is 4.03. The Bertz CT molecular complexity index is 570. The molecule has 1 rings (SSSR count). The highest BCUT2D eigenvalue weighted by molar-refractivity contribution is 7.89. The predicted octanol–water partition coefficient (Wildman–Crippen LogP) is 1.45. The Morgan fingerprint density at radius 1 is 1.29 bits per heavy atom. The van der Waals surface area contributed by atoms with Gasteiger partial charge in [0.2, 0.25) is 10.0 Å². The average molecular weight is 314 g/mol. The summed E-state index contributed by atoms with van der Waals surface area (Å²) in [6.45, 7) is 6.41. The molecule has 120 valence electrons. The van der Waals surface area contributed by atoms with Gasteiger partial charge in [-0.15, -0.1) is 0 Å². The quantitative estimate of drug-likeness (QED) is 0.827. The highest BCUT2D eigenvalue weighted by Gasteiger charge is 2.29. The molecule has 0 spiro atoms. The van der Waals surface area contributed by atoms with Gasteiger partial charge in [0, 0.05) is 19.1 Å². The van der Waals surface area contributed by atoms with Crippen LogP contribution in [0, 0.1) is 6.92 Å². The van der Waals surface area contributed by atoms with Gasteiger partial charge in [-0.1, -0.05) is 19.1 Å². The fourth-order valence-corrected chi connectivity index (χ4v) is 4.48. The number of aliphatic hydroxyl groups is 1. The van der Waals surface area contributed by atoms with Crippen LogP contribution in [0.25, 0.3) is 0 Å². The molecule has 0 fully saturated rings. The second kappa shape index (κ2) is 7.35. The molecular weight excluding hydrogens is 288 g/mol. The van der Waals surface area contributed by atoms with Crippen molar-refractivity contribution in [1.29, 1.82) is 0 Å². The summed E-state index contributed by atoms with van der Waals surface area (Å²) >= 11 is 0. The van der Waals surface area contributed by atoms with E-state index in [0.717, 1.165) is 0 Å². The maximum absolute atomic E-state index is 12.9. The summed E-state index contributed by atoms with van der Waals surface area (Å²) in [5.41, 5.74) is 1.27. The third-order valence-electron chi connectivity index (χ3n) is 3.59. The fourth-order valence-electron chi connectivity index (χ4n) is 2.58. The summed E-state index contributed by atoms with van der Waals surface area (Å²) in [6.07, 6.45) is 0. The van der Waals surface area contributed by atoms with Gasteiger partial charge in [0.1, 0.15) is 0 Å². The second-order valence-electron chi connectivity index (χ2n) is 5.52. The molecule has 6 heteroatoms. The Kier molecular flexibility index (Phi) is 6.34. The molecule has 21 heavy (non-hydrogen) atoms. The first-order valence-electron chi connectivity index (χ1n) is 7.11. The normalized spacial score (nSPS) is 13.9. The van der Waals surface area contributed by atoms with Gasteiger partial charge in [-0.05, 0) is 45.1 Å². The maximum atomic E-state index is 12.9. The van der Waals surface area contributed by atoms with E-state index in [-0.39, 0.29) is 17.5 Å². The summed E-state index contributed by atoms with van der Waals surface area (Å²) in [6, 6.07) is 4.91. The van der Waals surface area contributed by atoms with Crippen LogP contribution in [0.2, 0.25) is 0 Å². The summed E-state index contributed by atoms with van der Waals surface area (Å²) in [5.74, 6) is 0. The van der Waals surface area contributed by atoms with E-state index in [0.29, 0.717) is 24.2 Å². The number of sulfonamides is 1. The summed E-state index contributed by atoms with van der Waals surface area (Å²) in [5, 5.41) is 9.32. The van der Waals surface area contributed by atoms with Gasteiger partial charge < -0.3 is 10.0 Å². The first-order chi connectivity index (χ1) is 9.75. The molecule has 0 aliphatic heterocycles. The highest BCUT2D eigenvalue weighted by atomic mass is 32.2. The SMILES string of the molecule is CCN(C(C)CN(C)C)S(=O)(=O)c1cccc(CO)c1C. The lowest BCUT2D eigenvalue weighted by Crippen LogP contribution is -2.43. The van der Waals surface area contributed by atoms with Gasteiger partial charge in [-0.25, -0.2) is 8.42 Å². The van der Waals surface area contributed by atoms with Crippen LogP contribution in [0.3, 0.4) is 0 Å². The number of hydrogen-bond donors (Lipinski definition) is 1. The van der Waals surface area contributed by atoms with Gasteiger partial charge in [-0.3, -0.25) is 0 Å². The number of rotatable bonds is 7. The number of likely N-dealkylation sites (N-methyl/N-ethyl adjacent to an activating group) is 2. The molecular formula is C15H26N2O3S. The molecule has 0 bridgehead atoms. The van der Waals surface area contributed by atoms with Crippen molar-refractivity contribution in [1.82, 2.24) is 9.21 Å². The molecule has 1 unspecified atom stereocenters. The number of hydrogen-bond acceptors (Lipinski definition) is 4. The predicted molar refractivity (Wildman–Crippen MR) is 84.7 cm³/mol. The highest BCUT2D eigenvalue weighted by Crippen LogP contribution is 2.24. The minimum absolute atomic E-state index is 0.118. The van der Waals surface area contributed by atoms with Crippen LogP contribution in [0.5, 0.6) is 0 Å². The number of benzene rings is 1. The van der Waals surface area contributed by atoms with E-state index < -0.39 is 10.0 Å². The largest absolute Gasteiger partial charge is 0.392 e. The maximum Gasteiger partial charge on any atom is 0.243 e. The Balaban J connectivity index is 3.25. The van der Waals surface area contributed by atoms with Crippen molar-refractivity contribution in [3.8, 4) is 0 Å². The zero-order chi connectivity index (χ0) is 16.2. The van der Waals surface area contributed by atoms with Crippen LogP contribution in [0.1, 0.15) is 25.0 Å². The molecule has 1 N–H and O–H groups in total. The van der Waals surface area contributed by atoms with E-state index in [2.05, 4.69) is 0 Å². The van der Waals surface area contributed by atoms with E-state index in [4.69, 9.17) is 0 Å². The molecule has 0 saturated heterocycles. The molecule has 5 nitrogen and oxygen atoms in total. The molecule has 0 saturated carbocycles. The van der Waals surface area contributed by atoms with Crippen molar-refractivity contribution in [2.45, 2.75) is 38.3 Å². The molecule has 0 radical (unpaired) electrons. The van der Waals surface area contributed by atoms with E-state index >= 15 is 0 Å². The van der Waals surface area contributed by atoms with Gasteiger partial charge in [0.25, 0.3) is 0 Å². The molecule has 0 aromatic heterocycles. The smallest absolute Gasteiger partial charge is 0.243 e. The Hall–Kier alpha value is -0.950. The number of aliphatic hydroxyl groups excluding tert-OH is 1. The monoisotopic (exact) mass is 314 g/mol. The van der Waals surface area contributed by atoms with Crippen LogP contribution >= 0.6 is 0 Å². The molecule has 1 aromatic carbocycles. The zero-order valence-electron chi connectivity index (χ0n) is 13.5. The van der Waals surface area contributed by atoms with Crippen LogP contribution in [-0.4, -0.2) is 56.0 Å². The van der Waals surface area contributed by atoms with E-state index in [1.807, 2.05) is 32.8 Å². The third-order valence-corrected chi connectivity index (χ3v) is 5.82. The van der Waals surface area contributed by atoms with Crippen LogP contribution in [-0.2, 0) is 16.6 Å². The second-order valence-corrected chi connectivity index (χ2v) is 7.38. The number of nitrogens with zero attached hydrogens (tertiary/aromatic N) is 2. The molecule has 0 heterocycles. The van der Waals surface area contributed by atoms with E-state index in [1.54, 1.807) is 25.1 Å². The van der Waals surface area contributed by atoms with Gasteiger partial charge >= 0.3 is 0 Å². The lowest BCUT2D eigenvalue weighted by molar-refractivity contribution is 0.271. The van der Waals surface area contributed by atoms with Crippen molar-refractivity contribution in [3.05, 3.63) is 29.3 Å². The van der Waals surface area contributed by atoms with Gasteiger partial charge in [0.05, 0.1) is 11.5 Å². The molecule has 1 aromatic rings. The fraction of sp³-hybridized carbons (Fsp3) is 0.600. The van der Waals surface area contributed by atoms with Crippen molar-refractivity contribution in [3.63, 3.8) is 0 Å². The first kappa shape index (κ1) is 18.1. The van der Waals surface area contributed by atoms with Gasteiger partial charge in [-0.2, -0.15) is 4.31 Å². The molecule has 1 atom stereocenters. The summed E-state index contributed by atoms with van der Waals surface area (Å²) in [4.78, 5) is 2.25. The molecule has 0 aliphatic rings. The van der Waals surface area contributed by atoms with Crippen LogP contribution in [0.15, 0.2) is 23.1 Å². The minimum atomic E-state index is -3.56. The topological polar surface area (TPSA) is 60.9 Å². The van der Waals surface area contributed by atoms with Crippen molar-refractivity contribution in [2.75, 3.05) is 27.2 Å². The summed E-state index contributed by atoms with van der Waals surface area (Å²) in [7, 11) is 0.287. The Labute approximate surface area is 128 Å². The summed E-state index contributed by atoms with van der Waals surface area (Å²) < 4.78 is 27.3. The minimum Gasteiger partial charge on any atom is -0.392 e. The lowest BCUT2D eigenvalue weighted by Gasteiger charge is -2.30. The molecule has 0 aliphatic carbocycles. The van der Waals surface area contributed by atoms with Crippen LogP contribution < -0.4 is 0 Å². The Morgan fingerprint density at radius 2 is 1.90 bits per heavy atom. The van der Waals surface area contributed by atoms with Gasteiger partial charge in [0.15, 0.2) is 0 Å². The first-order valence-corrected chi connectivity index (χ1v) is 8.55. The van der Waals surface area contributed by atoms with Crippen molar-refractivity contribution >= 4 is 10.0 Å². The van der Waals surface area contributed by atoms with Crippen LogP contribution in [0.4, 0.5) is 0 Å².